The van der Waals surface area contributed by atoms with Gasteiger partial charge in [-0.2, -0.15) is 5.10 Å². The summed E-state index contributed by atoms with van der Waals surface area (Å²) < 4.78 is 2.02. The number of aliphatic hydroxyl groups excluding tert-OH is 1. The molecule has 2 aliphatic carbocycles. The fourth-order valence-corrected chi connectivity index (χ4v) is 4.81. The van der Waals surface area contributed by atoms with Gasteiger partial charge in [-0.15, -0.1) is 0 Å². The van der Waals surface area contributed by atoms with Crippen LogP contribution in [0, 0.1) is 37.5 Å². The number of rotatable bonds is 6. The smallest absolute Gasteiger partial charge is 0.224 e. The Morgan fingerprint density at radius 3 is 2.71 bits per heavy atom. The lowest BCUT2D eigenvalue weighted by Gasteiger charge is -2.30. The summed E-state index contributed by atoms with van der Waals surface area (Å²) in [6, 6.07) is 0.160. The molecule has 0 spiro atoms. The lowest BCUT2D eigenvalue weighted by molar-refractivity contribution is -0.122. The van der Waals surface area contributed by atoms with E-state index in [1.54, 1.807) is 0 Å². The lowest BCUT2D eigenvalue weighted by atomic mass is 9.85. The van der Waals surface area contributed by atoms with Gasteiger partial charge in [-0.3, -0.25) is 9.48 Å². The topological polar surface area (TPSA) is 67.2 Å². The van der Waals surface area contributed by atoms with Crippen LogP contribution >= 0.6 is 0 Å². The fraction of sp³-hybridized carbons (Fsp3) is 0.789. The third-order valence-electron chi connectivity index (χ3n) is 6.03. The summed E-state index contributed by atoms with van der Waals surface area (Å²) in [5.41, 5.74) is 3.11. The van der Waals surface area contributed by atoms with Crippen LogP contribution in [0.25, 0.3) is 0 Å². The molecule has 3 rings (SSSR count). The Morgan fingerprint density at radius 1 is 1.33 bits per heavy atom. The van der Waals surface area contributed by atoms with Crippen molar-refractivity contribution in [3.05, 3.63) is 17.0 Å². The van der Waals surface area contributed by atoms with Gasteiger partial charge in [0.2, 0.25) is 5.91 Å². The molecule has 1 aromatic rings. The van der Waals surface area contributed by atoms with E-state index in [4.69, 9.17) is 0 Å². The third-order valence-corrected chi connectivity index (χ3v) is 6.03. The molecule has 1 amide bonds. The van der Waals surface area contributed by atoms with Crippen molar-refractivity contribution in [3.63, 3.8) is 0 Å². The molecule has 0 radical (unpaired) electrons. The number of aliphatic hydroxyl groups is 1. The maximum atomic E-state index is 12.6. The Balaban J connectivity index is 1.66. The highest BCUT2D eigenvalue weighted by molar-refractivity contribution is 5.79. The van der Waals surface area contributed by atoms with E-state index in [0.717, 1.165) is 23.5 Å². The van der Waals surface area contributed by atoms with Crippen LogP contribution < -0.4 is 5.32 Å². The Labute approximate surface area is 144 Å². The monoisotopic (exact) mass is 333 g/mol. The average Bonchev–Trinajstić information content (AvgIpc) is 3.17. The molecule has 2 fully saturated rings. The summed E-state index contributed by atoms with van der Waals surface area (Å²) in [5, 5.41) is 17.5. The third kappa shape index (κ3) is 3.23. The van der Waals surface area contributed by atoms with Gasteiger partial charge in [0.1, 0.15) is 0 Å². The molecule has 2 saturated carbocycles. The minimum Gasteiger partial charge on any atom is -0.396 e. The van der Waals surface area contributed by atoms with Crippen molar-refractivity contribution in [2.24, 2.45) is 23.7 Å². The predicted molar refractivity (Wildman–Crippen MR) is 93.6 cm³/mol. The molecule has 134 valence electrons. The van der Waals surface area contributed by atoms with Gasteiger partial charge < -0.3 is 10.4 Å². The van der Waals surface area contributed by atoms with Crippen molar-refractivity contribution in [2.75, 3.05) is 6.61 Å². The summed E-state index contributed by atoms with van der Waals surface area (Å²) >= 11 is 0. The van der Waals surface area contributed by atoms with Crippen LogP contribution in [0.15, 0.2) is 0 Å². The number of aryl methyl sites for hydroxylation is 1. The zero-order chi connectivity index (χ0) is 17.4. The van der Waals surface area contributed by atoms with Crippen molar-refractivity contribution in [3.8, 4) is 0 Å². The number of fused-ring (bicyclic) bond motifs is 2. The molecule has 4 unspecified atom stereocenters. The molecule has 2 bridgehead atoms. The summed E-state index contributed by atoms with van der Waals surface area (Å²) in [6.07, 6.45) is 3.96. The zero-order valence-corrected chi connectivity index (χ0v) is 15.4. The molecular weight excluding hydrogens is 302 g/mol. The summed E-state index contributed by atoms with van der Waals surface area (Å²) in [7, 11) is 0. The van der Waals surface area contributed by atoms with Gasteiger partial charge in [-0.1, -0.05) is 13.8 Å². The van der Waals surface area contributed by atoms with Crippen LogP contribution in [0.3, 0.4) is 0 Å². The Morgan fingerprint density at radius 2 is 2.04 bits per heavy atom. The molecule has 5 nitrogen and oxygen atoms in total. The normalized spacial score (nSPS) is 28.8. The lowest BCUT2D eigenvalue weighted by Crippen LogP contribution is -2.45. The minimum absolute atomic E-state index is 0.0706. The van der Waals surface area contributed by atoms with Gasteiger partial charge in [-0.05, 0) is 50.9 Å². The summed E-state index contributed by atoms with van der Waals surface area (Å²) in [6.45, 7) is 9.46. The largest absolute Gasteiger partial charge is 0.396 e. The van der Waals surface area contributed by atoms with E-state index in [1.165, 1.54) is 19.3 Å². The standard InChI is InChI=1S/C19H31N3O2/c1-11(2)9-22-13(4)16(12(3)21-22)8-18(24)20-19-15-6-5-14(7-15)17(19)10-23/h11,14-15,17,19,23H,5-10H2,1-4H3,(H,20,24). The molecule has 1 heterocycles. The van der Waals surface area contributed by atoms with Gasteiger partial charge in [0.15, 0.2) is 0 Å². The minimum atomic E-state index is 0.0706. The highest BCUT2D eigenvalue weighted by Crippen LogP contribution is 2.48. The zero-order valence-electron chi connectivity index (χ0n) is 15.4. The first kappa shape index (κ1) is 17.5. The van der Waals surface area contributed by atoms with Crippen LogP contribution in [-0.4, -0.2) is 33.4 Å². The maximum Gasteiger partial charge on any atom is 0.224 e. The molecule has 4 atom stereocenters. The van der Waals surface area contributed by atoms with E-state index in [-0.39, 0.29) is 24.5 Å². The molecule has 2 N–H and O–H groups in total. The van der Waals surface area contributed by atoms with Crippen LogP contribution in [-0.2, 0) is 17.8 Å². The van der Waals surface area contributed by atoms with E-state index in [1.807, 2.05) is 11.6 Å². The number of hydrogen-bond donors (Lipinski definition) is 2. The van der Waals surface area contributed by atoms with Crippen molar-refractivity contribution >= 4 is 5.91 Å². The molecule has 5 heteroatoms. The second-order valence-electron chi connectivity index (χ2n) is 8.18. The van der Waals surface area contributed by atoms with Crippen LogP contribution in [0.5, 0.6) is 0 Å². The number of amides is 1. The second-order valence-corrected chi connectivity index (χ2v) is 8.18. The van der Waals surface area contributed by atoms with E-state index in [0.29, 0.717) is 24.2 Å². The van der Waals surface area contributed by atoms with Crippen molar-refractivity contribution in [1.82, 2.24) is 15.1 Å². The Bertz CT molecular complexity index is 608. The van der Waals surface area contributed by atoms with E-state index in [2.05, 4.69) is 31.2 Å². The number of aromatic nitrogens is 2. The highest BCUT2D eigenvalue weighted by atomic mass is 16.3. The van der Waals surface area contributed by atoms with Gasteiger partial charge in [0.25, 0.3) is 0 Å². The summed E-state index contributed by atoms with van der Waals surface area (Å²) in [4.78, 5) is 12.6. The van der Waals surface area contributed by atoms with Gasteiger partial charge in [-0.25, -0.2) is 0 Å². The predicted octanol–water partition coefficient (Wildman–Crippen LogP) is 2.22. The first-order valence-corrected chi connectivity index (χ1v) is 9.33. The van der Waals surface area contributed by atoms with Crippen molar-refractivity contribution in [2.45, 2.75) is 66.0 Å². The number of nitrogens with zero attached hydrogens (tertiary/aromatic N) is 2. The molecule has 0 saturated heterocycles. The fourth-order valence-electron chi connectivity index (χ4n) is 4.81. The van der Waals surface area contributed by atoms with Gasteiger partial charge in [0, 0.05) is 36.4 Å². The first-order chi connectivity index (χ1) is 11.4. The van der Waals surface area contributed by atoms with Gasteiger partial charge >= 0.3 is 0 Å². The van der Waals surface area contributed by atoms with Crippen LogP contribution in [0.4, 0.5) is 0 Å². The van der Waals surface area contributed by atoms with Crippen molar-refractivity contribution < 1.29 is 9.90 Å². The van der Waals surface area contributed by atoms with Gasteiger partial charge in [0.05, 0.1) is 12.1 Å². The van der Waals surface area contributed by atoms with E-state index in [9.17, 15) is 9.90 Å². The van der Waals surface area contributed by atoms with Crippen LogP contribution in [0.2, 0.25) is 0 Å². The molecule has 0 aromatic carbocycles. The van der Waals surface area contributed by atoms with Crippen LogP contribution in [0.1, 0.15) is 50.1 Å². The number of carbonyl (C=O) groups is 1. The first-order valence-electron chi connectivity index (χ1n) is 9.33. The van der Waals surface area contributed by atoms with E-state index < -0.39 is 0 Å². The molecule has 24 heavy (non-hydrogen) atoms. The Kier molecular flexibility index (Phi) is 5.00. The molecule has 0 aliphatic heterocycles. The quantitative estimate of drug-likeness (QED) is 0.839. The molecule has 2 aliphatic rings. The number of nitrogens with one attached hydrogen (secondary N) is 1. The summed E-state index contributed by atoms with van der Waals surface area (Å²) in [5.74, 6) is 2.01. The Hall–Kier alpha value is -1.36. The average molecular weight is 333 g/mol. The molecular formula is C19H31N3O2. The SMILES string of the molecule is Cc1nn(CC(C)C)c(C)c1CC(=O)NC1C2CCC(C2)C1CO. The molecule has 1 aromatic heterocycles. The number of carbonyl (C=O) groups excluding carboxylic acids is 1. The number of hydrogen-bond acceptors (Lipinski definition) is 3. The second kappa shape index (κ2) is 6.87. The maximum absolute atomic E-state index is 12.6. The van der Waals surface area contributed by atoms with Crippen molar-refractivity contribution in [1.29, 1.82) is 0 Å². The van der Waals surface area contributed by atoms with E-state index >= 15 is 0 Å². The highest BCUT2D eigenvalue weighted by Gasteiger charge is 2.47.